The number of ether oxygens (including phenoxy) is 1. The van der Waals surface area contributed by atoms with Crippen LogP contribution in [0.1, 0.15) is 168 Å². The molecular weight excluding hydrogens is 392 g/mol. The quantitative estimate of drug-likeness (QED) is 0.0785. The topological polar surface area (TPSA) is 26.3 Å². The van der Waals surface area contributed by atoms with Crippen LogP contribution < -0.4 is 0 Å². The van der Waals surface area contributed by atoms with Crippen molar-refractivity contribution in [1.29, 1.82) is 0 Å². The molecule has 0 aromatic carbocycles. The van der Waals surface area contributed by atoms with Gasteiger partial charge in [0.05, 0.1) is 6.10 Å². The van der Waals surface area contributed by atoms with Crippen molar-refractivity contribution in [3.8, 4) is 0 Å². The van der Waals surface area contributed by atoms with E-state index in [9.17, 15) is 4.79 Å². The van der Waals surface area contributed by atoms with Gasteiger partial charge < -0.3 is 4.74 Å². The second-order valence-corrected chi connectivity index (χ2v) is 9.90. The highest BCUT2D eigenvalue weighted by Gasteiger charge is 2.09. The molecule has 0 rings (SSSR count). The van der Waals surface area contributed by atoms with Gasteiger partial charge in [-0.25, -0.2) is 0 Å². The second kappa shape index (κ2) is 26.5. The van der Waals surface area contributed by atoms with Crippen molar-refractivity contribution in [3.63, 3.8) is 0 Å². The van der Waals surface area contributed by atoms with Gasteiger partial charge in [0, 0.05) is 6.42 Å². The van der Waals surface area contributed by atoms with Crippen LogP contribution in [0.3, 0.4) is 0 Å². The molecule has 0 bridgehead atoms. The Balaban J connectivity index is 3.34. The van der Waals surface area contributed by atoms with Crippen LogP contribution in [0.2, 0.25) is 0 Å². The van der Waals surface area contributed by atoms with E-state index >= 15 is 0 Å². The summed E-state index contributed by atoms with van der Waals surface area (Å²) in [6, 6.07) is 0. The minimum absolute atomic E-state index is 0.00898. The Bertz CT molecular complexity index is 402. The molecule has 0 saturated carbocycles. The molecule has 0 heterocycles. The van der Waals surface area contributed by atoms with E-state index in [1.54, 1.807) is 0 Å². The molecule has 2 heteroatoms. The van der Waals surface area contributed by atoms with E-state index in [1.807, 2.05) is 0 Å². The molecule has 0 saturated heterocycles. The van der Waals surface area contributed by atoms with Crippen LogP contribution in [0.15, 0.2) is 12.2 Å². The van der Waals surface area contributed by atoms with Gasteiger partial charge in [0.15, 0.2) is 0 Å². The van der Waals surface area contributed by atoms with E-state index in [1.165, 1.54) is 122 Å². The fraction of sp³-hybridized carbons (Fsp3) is 0.900. The number of unbranched alkanes of at least 4 members (excludes halogenated alkanes) is 18. The largest absolute Gasteiger partial charge is 0.463 e. The maximum absolute atomic E-state index is 12.0. The van der Waals surface area contributed by atoms with Crippen molar-refractivity contribution in [2.45, 2.75) is 175 Å². The lowest BCUT2D eigenvalue weighted by molar-refractivity contribution is -0.148. The molecule has 0 aliphatic heterocycles. The predicted molar refractivity (Wildman–Crippen MR) is 142 cm³/mol. The lowest BCUT2D eigenvalue weighted by atomic mass is 10.1. The predicted octanol–water partition coefficient (Wildman–Crippen LogP) is 10.5. The number of esters is 1. The van der Waals surface area contributed by atoms with Crippen LogP contribution in [-0.2, 0) is 9.53 Å². The van der Waals surface area contributed by atoms with Crippen LogP contribution in [-0.4, -0.2) is 12.1 Å². The van der Waals surface area contributed by atoms with Gasteiger partial charge in [-0.1, -0.05) is 122 Å². The molecule has 1 unspecified atom stereocenters. The third kappa shape index (κ3) is 25.5. The van der Waals surface area contributed by atoms with Crippen molar-refractivity contribution in [2.24, 2.45) is 0 Å². The normalized spacial score (nSPS) is 12.5. The first kappa shape index (κ1) is 31.2. The number of hydrogen-bond donors (Lipinski definition) is 0. The zero-order valence-corrected chi connectivity index (χ0v) is 22.3. The summed E-state index contributed by atoms with van der Waals surface area (Å²) < 4.78 is 5.58. The van der Waals surface area contributed by atoms with Crippen LogP contribution in [0.4, 0.5) is 0 Å². The Morgan fingerprint density at radius 2 is 1.00 bits per heavy atom. The van der Waals surface area contributed by atoms with Gasteiger partial charge >= 0.3 is 5.97 Å². The maximum Gasteiger partial charge on any atom is 0.306 e. The first-order chi connectivity index (χ1) is 15.7. The summed E-state index contributed by atoms with van der Waals surface area (Å²) in [5.74, 6) is 0.00898. The summed E-state index contributed by atoms with van der Waals surface area (Å²) in [5, 5.41) is 0. The van der Waals surface area contributed by atoms with Crippen LogP contribution in [0.25, 0.3) is 0 Å². The molecule has 0 radical (unpaired) electrons. The maximum atomic E-state index is 12.0. The van der Waals surface area contributed by atoms with Crippen LogP contribution >= 0.6 is 0 Å². The Morgan fingerprint density at radius 1 is 0.594 bits per heavy atom. The van der Waals surface area contributed by atoms with Gasteiger partial charge in [0.1, 0.15) is 0 Å². The van der Waals surface area contributed by atoms with E-state index in [-0.39, 0.29) is 12.1 Å². The highest BCUT2D eigenvalue weighted by molar-refractivity contribution is 5.69. The van der Waals surface area contributed by atoms with Crippen molar-refractivity contribution in [1.82, 2.24) is 0 Å². The SMILES string of the molecule is CCCCCCCC/C=C\CCCCCCCC(=O)OC(C)CCCCCCCCCC. The smallest absolute Gasteiger partial charge is 0.306 e. The highest BCUT2D eigenvalue weighted by atomic mass is 16.5. The lowest BCUT2D eigenvalue weighted by Gasteiger charge is -2.13. The van der Waals surface area contributed by atoms with Crippen LogP contribution in [0, 0.1) is 0 Å². The molecule has 0 aliphatic rings. The minimum atomic E-state index is 0.00898. The van der Waals surface area contributed by atoms with Crippen molar-refractivity contribution in [3.05, 3.63) is 12.2 Å². The Hall–Kier alpha value is -0.790. The molecule has 0 spiro atoms. The summed E-state index contributed by atoms with van der Waals surface area (Å²) >= 11 is 0. The number of carbonyl (C=O) groups is 1. The van der Waals surface area contributed by atoms with Gasteiger partial charge in [0.2, 0.25) is 0 Å². The highest BCUT2D eigenvalue weighted by Crippen LogP contribution is 2.14. The Labute approximate surface area is 202 Å². The third-order valence-corrected chi connectivity index (χ3v) is 6.44. The molecule has 190 valence electrons. The summed E-state index contributed by atoms with van der Waals surface area (Å²) in [5.41, 5.74) is 0. The number of carbonyl (C=O) groups excluding carboxylic acids is 1. The fourth-order valence-electron chi connectivity index (χ4n) is 4.25. The molecule has 2 nitrogen and oxygen atoms in total. The monoisotopic (exact) mass is 450 g/mol. The number of rotatable bonds is 25. The summed E-state index contributed by atoms with van der Waals surface area (Å²) in [4.78, 5) is 12.0. The molecule has 1 atom stereocenters. The molecule has 0 aliphatic carbocycles. The number of hydrogen-bond acceptors (Lipinski definition) is 2. The molecule has 0 aromatic heterocycles. The first-order valence-electron chi connectivity index (χ1n) is 14.5. The standard InChI is InChI=1S/C30H58O2/c1-4-6-8-10-12-14-15-16-17-18-19-20-22-24-26-28-30(31)32-29(3)27-25-23-21-13-11-9-7-5-2/h16-17,29H,4-15,18-28H2,1-3H3/b17-16-. The Kier molecular flexibility index (Phi) is 25.8. The average Bonchev–Trinajstić information content (AvgIpc) is 2.78. The van der Waals surface area contributed by atoms with E-state index < -0.39 is 0 Å². The van der Waals surface area contributed by atoms with E-state index in [4.69, 9.17) is 4.74 Å². The first-order valence-corrected chi connectivity index (χ1v) is 14.5. The lowest BCUT2D eigenvalue weighted by Crippen LogP contribution is -2.14. The average molecular weight is 451 g/mol. The van der Waals surface area contributed by atoms with E-state index in [0.29, 0.717) is 6.42 Å². The van der Waals surface area contributed by atoms with Crippen LogP contribution in [0.5, 0.6) is 0 Å². The summed E-state index contributed by atoms with van der Waals surface area (Å²) in [6.45, 7) is 6.59. The summed E-state index contributed by atoms with van der Waals surface area (Å²) in [7, 11) is 0. The second-order valence-electron chi connectivity index (χ2n) is 9.90. The molecule has 0 aromatic rings. The van der Waals surface area contributed by atoms with Gasteiger partial charge in [-0.15, -0.1) is 0 Å². The minimum Gasteiger partial charge on any atom is -0.463 e. The van der Waals surface area contributed by atoms with Crippen molar-refractivity contribution >= 4 is 5.97 Å². The zero-order chi connectivity index (χ0) is 23.5. The van der Waals surface area contributed by atoms with E-state index in [2.05, 4.69) is 32.9 Å². The van der Waals surface area contributed by atoms with Gasteiger partial charge in [0.25, 0.3) is 0 Å². The molecule has 32 heavy (non-hydrogen) atoms. The van der Waals surface area contributed by atoms with Gasteiger partial charge in [-0.3, -0.25) is 4.79 Å². The van der Waals surface area contributed by atoms with Gasteiger partial charge in [-0.05, 0) is 51.9 Å². The third-order valence-electron chi connectivity index (χ3n) is 6.44. The van der Waals surface area contributed by atoms with E-state index in [0.717, 1.165) is 19.3 Å². The molecule has 0 N–H and O–H groups in total. The van der Waals surface area contributed by atoms with Gasteiger partial charge in [-0.2, -0.15) is 0 Å². The molecule has 0 amide bonds. The number of allylic oxidation sites excluding steroid dienone is 2. The van der Waals surface area contributed by atoms with Crippen molar-refractivity contribution < 1.29 is 9.53 Å². The Morgan fingerprint density at radius 3 is 1.50 bits per heavy atom. The summed E-state index contributed by atoms with van der Waals surface area (Å²) in [6.07, 6.45) is 33.8. The zero-order valence-electron chi connectivity index (χ0n) is 22.3. The fourth-order valence-corrected chi connectivity index (χ4v) is 4.25. The molecule has 0 fully saturated rings. The van der Waals surface area contributed by atoms with Crippen molar-refractivity contribution in [2.75, 3.05) is 0 Å². The molecular formula is C30H58O2.